The number of aromatic nitrogens is 1. The zero-order chi connectivity index (χ0) is 26.2. The molecule has 0 N–H and O–H groups in total. The maximum Gasteiger partial charge on any atom is 0.0849 e. The van der Waals surface area contributed by atoms with Gasteiger partial charge in [-0.05, 0) is 73.2 Å². The number of pyridine rings is 1. The number of nitrogens with zero attached hydrogens (tertiary/aromatic N) is 3. The first-order valence-corrected chi connectivity index (χ1v) is 13.0. The lowest BCUT2D eigenvalue weighted by Gasteiger charge is -2.09. The highest BCUT2D eigenvalue weighted by Gasteiger charge is 2.09. The Hall–Kier alpha value is -4.63. The monoisotopic (exact) mass is 493 g/mol. The zero-order valence-corrected chi connectivity index (χ0v) is 21.9. The van der Waals surface area contributed by atoms with Crippen LogP contribution in [0.3, 0.4) is 0 Å². The van der Waals surface area contributed by atoms with Crippen LogP contribution in [-0.2, 0) is 12.8 Å². The molecular formula is C35H31N3. The molecule has 5 aromatic rings. The smallest absolute Gasteiger partial charge is 0.0849 e. The number of aliphatic imine (C=N–C) groups is 2. The standard InChI is InChI=1S/C35H31N3/c1-26(36-34-20-11-9-18-30(34)24-28-14-5-3-6-15-28)32-22-13-23-33(38-32)27(2)37-35-21-12-10-19-31(35)25-29-16-7-4-8-17-29/h3-23H,24-25H2,1-2H3. The Morgan fingerprint density at radius 3 is 1.32 bits per heavy atom. The molecule has 1 heterocycles. The molecule has 0 saturated heterocycles. The number of benzene rings is 4. The van der Waals surface area contributed by atoms with E-state index in [4.69, 9.17) is 15.0 Å². The molecule has 0 atom stereocenters. The summed E-state index contributed by atoms with van der Waals surface area (Å²) >= 11 is 0. The molecule has 3 heteroatoms. The van der Waals surface area contributed by atoms with Crippen LogP contribution in [0.15, 0.2) is 137 Å². The number of hydrogen-bond acceptors (Lipinski definition) is 3. The van der Waals surface area contributed by atoms with E-state index in [9.17, 15) is 0 Å². The Bertz CT molecular complexity index is 1450. The van der Waals surface area contributed by atoms with Crippen LogP contribution in [0.2, 0.25) is 0 Å². The van der Waals surface area contributed by atoms with Crippen molar-refractivity contribution in [3.63, 3.8) is 0 Å². The third-order valence-corrected chi connectivity index (χ3v) is 6.52. The molecule has 0 bridgehead atoms. The number of rotatable bonds is 8. The summed E-state index contributed by atoms with van der Waals surface area (Å²) in [5.74, 6) is 0. The predicted octanol–water partition coefficient (Wildman–Crippen LogP) is 8.54. The van der Waals surface area contributed by atoms with E-state index in [0.29, 0.717) is 0 Å². The van der Waals surface area contributed by atoms with Crippen molar-refractivity contribution in [3.8, 4) is 0 Å². The van der Waals surface area contributed by atoms with Gasteiger partial charge in [0, 0.05) is 0 Å². The van der Waals surface area contributed by atoms with E-state index in [1.165, 1.54) is 22.3 Å². The highest BCUT2D eigenvalue weighted by Crippen LogP contribution is 2.24. The second-order valence-corrected chi connectivity index (χ2v) is 9.38. The Kier molecular flexibility index (Phi) is 7.95. The minimum Gasteiger partial charge on any atom is -0.251 e. The van der Waals surface area contributed by atoms with Crippen LogP contribution in [0.25, 0.3) is 0 Å². The van der Waals surface area contributed by atoms with Crippen molar-refractivity contribution in [1.82, 2.24) is 4.98 Å². The maximum atomic E-state index is 4.99. The molecule has 186 valence electrons. The molecule has 38 heavy (non-hydrogen) atoms. The van der Waals surface area contributed by atoms with Crippen LogP contribution in [0.5, 0.6) is 0 Å². The second kappa shape index (κ2) is 12.1. The predicted molar refractivity (Wildman–Crippen MR) is 159 cm³/mol. The molecule has 0 spiro atoms. The van der Waals surface area contributed by atoms with Crippen molar-refractivity contribution in [2.24, 2.45) is 9.98 Å². The summed E-state index contributed by atoms with van der Waals surface area (Å²) in [7, 11) is 0. The quantitative estimate of drug-likeness (QED) is 0.200. The summed E-state index contributed by atoms with van der Waals surface area (Å²) < 4.78 is 0. The van der Waals surface area contributed by atoms with Crippen LogP contribution in [0.1, 0.15) is 47.5 Å². The normalized spacial score (nSPS) is 11.9. The Balaban J connectivity index is 1.40. The van der Waals surface area contributed by atoms with Crippen LogP contribution >= 0.6 is 0 Å². The van der Waals surface area contributed by atoms with Gasteiger partial charge in [0.2, 0.25) is 0 Å². The van der Waals surface area contributed by atoms with E-state index < -0.39 is 0 Å². The summed E-state index contributed by atoms with van der Waals surface area (Å²) in [6, 6.07) is 43.7. The molecule has 0 radical (unpaired) electrons. The fraction of sp³-hybridized carbons (Fsp3) is 0.114. The van der Waals surface area contributed by atoms with Crippen LogP contribution in [0.4, 0.5) is 11.4 Å². The number of hydrogen-bond donors (Lipinski definition) is 0. The van der Waals surface area contributed by atoms with Gasteiger partial charge in [-0.1, -0.05) is 103 Å². The number of para-hydroxylation sites is 2. The molecule has 0 saturated carbocycles. The van der Waals surface area contributed by atoms with Crippen molar-refractivity contribution < 1.29 is 0 Å². The summed E-state index contributed by atoms with van der Waals surface area (Å²) in [5, 5.41) is 0. The lowest BCUT2D eigenvalue weighted by Crippen LogP contribution is -2.05. The van der Waals surface area contributed by atoms with Crippen molar-refractivity contribution in [3.05, 3.63) is 161 Å². The molecule has 0 unspecified atom stereocenters. The molecule has 5 rings (SSSR count). The minimum absolute atomic E-state index is 0.843. The average molecular weight is 494 g/mol. The Morgan fingerprint density at radius 2 is 0.868 bits per heavy atom. The maximum absolute atomic E-state index is 4.99. The van der Waals surface area contributed by atoms with Crippen LogP contribution < -0.4 is 0 Å². The van der Waals surface area contributed by atoms with Gasteiger partial charge in [0.15, 0.2) is 0 Å². The molecule has 0 amide bonds. The van der Waals surface area contributed by atoms with Gasteiger partial charge in [0.25, 0.3) is 0 Å². The van der Waals surface area contributed by atoms with E-state index in [0.717, 1.165) is 47.0 Å². The van der Waals surface area contributed by atoms with Crippen molar-refractivity contribution in [2.75, 3.05) is 0 Å². The van der Waals surface area contributed by atoms with Gasteiger partial charge in [-0.3, -0.25) is 9.98 Å². The molecular weight excluding hydrogens is 462 g/mol. The van der Waals surface area contributed by atoms with Crippen LogP contribution in [-0.4, -0.2) is 16.4 Å². The fourth-order valence-electron chi connectivity index (χ4n) is 4.48. The third-order valence-electron chi connectivity index (χ3n) is 6.52. The molecule has 0 aliphatic carbocycles. The highest BCUT2D eigenvalue weighted by atomic mass is 14.8. The molecule has 3 nitrogen and oxygen atoms in total. The summed E-state index contributed by atoms with van der Waals surface area (Å²) in [5.41, 5.74) is 10.3. The van der Waals surface area contributed by atoms with Gasteiger partial charge >= 0.3 is 0 Å². The minimum atomic E-state index is 0.843. The molecule has 1 aromatic heterocycles. The fourth-order valence-corrected chi connectivity index (χ4v) is 4.48. The highest BCUT2D eigenvalue weighted by molar-refractivity contribution is 6.02. The van der Waals surface area contributed by atoms with Crippen molar-refractivity contribution in [1.29, 1.82) is 0 Å². The first-order chi connectivity index (χ1) is 18.7. The Labute approximate surface area is 225 Å². The third kappa shape index (κ3) is 6.37. The second-order valence-electron chi connectivity index (χ2n) is 9.38. The molecule has 0 aliphatic heterocycles. The van der Waals surface area contributed by atoms with Gasteiger partial charge in [-0.2, -0.15) is 0 Å². The van der Waals surface area contributed by atoms with E-state index >= 15 is 0 Å². The summed E-state index contributed by atoms with van der Waals surface area (Å²) in [6.07, 6.45) is 1.69. The first-order valence-electron chi connectivity index (χ1n) is 13.0. The zero-order valence-electron chi connectivity index (χ0n) is 21.9. The van der Waals surface area contributed by atoms with Gasteiger partial charge in [-0.25, -0.2) is 4.98 Å². The van der Waals surface area contributed by atoms with E-state index in [1.807, 2.05) is 56.3 Å². The molecule has 4 aromatic carbocycles. The van der Waals surface area contributed by atoms with E-state index in [-0.39, 0.29) is 0 Å². The first kappa shape index (κ1) is 25.0. The van der Waals surface area contributed by atoms with Crippen molar-refractivity contribution >= 4 is 22.8 Å². The van der Waals surface area contributed by atoms with E-state index in [2.05, 4.69) is 84.9 Å². The summed E-state index contributed by atoms with van der Waals surface area (Å²) in [4.78, 5) is 14.9. The van der Waals surface area contributed by atoms with Gasteiger partial charge in [0.1, 0.15) is 0 Å². The Morgan fingerprint density at radius 1 is 0.474 bits per heavy atom. The average Bonchev–Trinajstić information content (AvgIpc) is 2.96. The van der Waals surface area contributed by atoms with Gasteiger partial charge in [-0.15, -0.1) is 0 Å². The van der Waals surface area contributed by atoms with Crippen LogP contribution in [0, 0.1) is 0 Å². The van der Waals surface area contributed by atoms with Crippen molar-refractivity contribution in [2.45, 2.75) is 26.7 Å². The SMILES string of the molecule is CC(=Nc1ccccc1Cc1ccccc1)c1cccc(C(C)=Nc2ccccc2Cc2ccccc2)n1. The topological polar surface area (TPSA) is 37.6 Å². The lowest BCUT2D eigenvalue weighted by atomic mass is 10.0. The largest absolute Gasteiger partial charge is 0.251 e. The van der Waals surface area contributed by atoms with Gasteiger partial charge in [0.05, 0.1) is 34.2 Å². The van der Waals surface area contributed by atoms with E-state index in [1.54, 1.807) is 0 Å². The molecule has 0 fully saturated rings. The lowest BCUT2D eigenvalue weighted by molar-refractivity contribution is 1.17. The summed E-state index contributed by atoms with van der Waals surface area (Å²) in [6.45, 7) is 4.04. The molecule has 0 aliphatic rings. The van der Waals surface area contributed by atoms with Gasteiger partial charge < -0.3 is 0 Å².